The SMILES string of the molecule is CC(C)(N)[C@H]1CCN(C(=O)Nc2cc(Oc3ccc(NC(=S)NC(=O)Cc4ccc(F)cc4)cc3F)ncn2)C1. The lowest BCUT2D eigenvalue weighted by molar-refractivity contribution is -0.119. The van der Waals surface area contributed by atoms with Gasteiger partial charge >= 0.3 is 6.03 Å². The Kier molecular flexibility index (Phi) is 8.85. The van der Waals surface area contributed by atoms with Crippen LogP contribution in [0, 0.1) is 17.6 Å². The molecule has 1 atom stereocenters. The lowest BCUT2D eigenvalue weighted by atomic mass is 9.88. The minimum absolute atomic E-state index is 0.00492. The van der Waals surface area contributed by atoms with Crippen molar-refractivity contribution in [2.45, 2.75) is 32.2 Å². The number of hydrogen-bond donors (Lipinski definition) is 4. The molecule has 3 aromatic rings. The number of nitrogens with one attached hydrogen (secondary N) is 3. The Morgan fingerprint density at radius 2 is 1.88 bits per heavy atom. The van der Waals surface area contributed by atoms with Gasteiger partial charge in [-0.3, -0.25) is 10.1 Å². The summed E-state index contributed by atoms with van der Waals surface area (Å²) in [5.41, 5.74) is 6.68. The molecule has 13 heteroatoms. The minimum Gasteiger partial charge on any atom is -0.436 e. The van der Waals surface area contributed by atoms with Crippen LogP contribution in [0.2, 0.25) is 0 Å². The molecule has 210 valence electrons. The van der Waals surface area contributed by atoms with E-state index >= 15 is 0 Å². The van der Waals surface area contributed by atoms with Crippen molar-refractivity contribution in [2.75, 3.05) is 23.7 Å². The standard InChI is InChI=1S/C27H29F2N7O3S/c1-27(2,30)17-9-10-36(14-17)26(38)34-22-13-24(32-15-31-22)39-21-8-7-19(12-20(21)29)33-25(40)35-23(37)11-16-3-5-18(28)6-4-16/h3-8,12-13,15,17H,9-11,14,30H2,1-2H3,(H,31,32,34,38)(H2,33,35,37,40)/t17-/m0/s1. The van der Waals surface area contributed by atoms with Crippen molar-refractivity contribution in [2.24, 2.45) is 11.7 Å². The number of hydrogen-bond acceptors (Lipinski definition) is 7. The van der Waals surface area contributed by atoms with Crippen LogP contribution >= 0.6 is 12.2 Å². The summed E-state index contributed by atoms with van der Waals surface area (Å²) >= 11 is 5.13. The summed E-state index contributed by atoms with van der Waals surface area (Å²) in [5.74, 6) is -1.24. The summed E-state index contributed by atoms with van der Waals surface area (Å²) in [6.45, 7) is 5.01. The van der Waals surface area contributed by atoms with Gasteiger partial charge in [-0.2, -0.15) is 0 Å². The normalized spacial score (nSPS) is 14.9. The van der Waals surface area contributed by atoms with Gasteiger partial charge in [0.25, 0.3) is 0 Å². The van der Waals surface area contributed by atoms with Gasteiger partial charge in [-0.05, 0) is 68.2 Å². The second-order valence-electron chi connectivity index (χ2n) is 9.98. The lowest BCUT2D eigenvalue weighted by Gasteiger charge is -2.26. The van der Waals surface area contributed by atoms with Crippen molar-refractivity contribution >= 4 is 40.8 Å². The molecule has 1 aliphatic heterocycles. The van der Waals surface area contributed by atoms with Crippen LogP contribution in [0.1, 0.15) is 25.8 Å². The van der Waals surface area contributed by atoms with Crippen LogP contribution in [0.4, 0.5) is 25.1 Å². The van der Waals surface area contributed by atoms with Crippen LogP contribution in [0.5, 0.6) is 11.6 Å². The molecule has 10 nitrogen and oxygen atoms in total. The number of carbonyl (C=O) groups excluding carboxylic acids is 2. The lowest BCUT2D eigenvalue weighted by Crippen LogP contribution is -2.43. The zero-order chi connectivity index (χ0) is 28.9. The number of thiocarbonyl (C=S) groups is 1. The van der Waals surface area contributed by atoms with E-state index in [1.165, 1.54) is 48.8 Å². The molecule has 0 aliphatic carbocycles. The van der Waals surface area contributed by atoms with Gasteiger partial charge in [0.15, 0.2) is 16.7 Å². The van der Waals surface area contributed by atoms with Crippen LogP contribution in [-0.2, 0) is 11.2 Å². The smallest absolute Gasteiger partial charge is 0.323 e. The monoisotopic (exact) mass is 569 g/mol. The van der Waals surface area contributed by atoms with E-state index in [1.807, 2.05) is 13.8 Å². The second-order valence-corrected chi connectivity index (χ2v) is 10.4. The number of urea groups is 1. The fourth-order valence-corrected chi connectivity index (χ4v) is 4.33. The molecule has 0 radical (unpaired) electrons. The quantitative estimate of drug-likeness (QED) is 0.311. The van der Waals surface area contributed by atoms with Crippen molar-refractivity contribution in [3.8, 4) is 11.6 Å². The Balaban J connectivity index is 1.30. The molecule has 2 aromatic carbocycles. The van der Waals surface area contributed by atoms with Gasteiger partial charge in [0, 0.05) is 36.4 Å². The Hall–Kier alpha value is -4.23. The van der Waals surface area contributed by atoms with Crippen LogP contribution in [0.15, 0.2) is 54.9 Å². The largest absolute Gasteiger partial charge is 0.436 e. The molecule has 40 heavy (non-hydrogen) atoms. The van der Waals surface area contributed by atoms with E-state index in [1.54, 1.807) is 4.90 Å². The first-order chi connectivity index (χ1) is 19.0. The van der Waals surface area contributed by atoms with Gasteiger partial charge in [0.05, 0.1) is 6.42 Å². The molecule has 0 saturated carbocycles. The van der Waals surface area contributed by atoms with Crippen LogP contribution < -0.4 is 26.4 Å². The first kappa shape index (κ1) is 28.8. The number of aromatic nitrogens is 2. The average molecular weight is 570 g/mol. The number of halogens is 2. The van der Waals surface area contributed by atoms with Crippen LogP contribution in [0.3, 0.4) is 0 Å². The molecule has 0 unspecified atom stereocenters. The fraction of sp³-hybridized carbons (Fsp3) is 0.296. The number of ether oxygens (including phenoxy) is 1. The van der Waals surface area contributed by atoms with Crippen molar-refractivity contribution in [3.63, 3.8) is 0 Å². The number of amides is 3. The molecule has 1 aromatic heterocycles. The zero-order valence-corrected chi connectivity index (χ0v) is 22.7. The summed E-state index contributed by atoms with van der Waals surface area (Å²) in [6.07, 6.45) is 2.00. The maximum absolute atomic E-state index is 14.8. The van der Waals surface area contributed by atoms with E-state index in [0.717, 1.165) is 12.5 Å². The van der Waals surface area contributed by atoms with Crippen molar-refractivity contribution in [3.05, 3.63) is 72.1 Å². The number of nitrogens with two attached hydrogens (primary N) is 1. The van der Waals surface area contributed by atoms with E-state index in [9.17, 15) is 18.4 Å². The summed E-state index contributed by atoms with van der Waals surface area (Å²) in [4.78, 5) is 34.5. The Bertz CT molecular complexity index is 1400. The van der Waals surface area contributed by atoms with Crippen molar-refractivity contribution in [1.82, 2.24) is 20.2 Å². The van der Waals surface area contributed by atoms with Crippen molar-refractivity contribution < 1.29 is 23.1 Å². The maximum atomic E-state index is 14.8. The van der Waals surface area contributed by atoms with Gasteiger partial charge in [-0.15, -0.1) is 0 Å². The first-order valence-electron chi connectivity index (χ1n) is 12.5. The van der Waals surface area contributed by atoms with Gasteiger partial charge in [0.1, 0.15) is 18.0 Å². The zero-order valence-electron chi connectivity index (χ0n) is 21.9. The van der Waals surface area contributed by atoms with Crippen LogP contribution in [-0.4, -0.2) is 50.5 Å². The number of carbonyl (C=O) groups is 2. The third kappa shape index (κ3) is 7.90. The highest BCUT2D eigenvalue weighted by Crippen LogP contribution is 2.28. The highest BCUT2D eigenvalue weighted by Gasteiger charge is 2.34. The third-order valence-corrected chi connectivity index (χ3v) is 6.54. The summed E-state index contributed by atoms with van der Waals surface area (Å²) in [6, 6.07) is 10.6. The molecule has 5 N–H and O–H groups in total. The van der Waals surface area contributed by atoms with E-state index in [2.05, 4.69) is 25.9 Å². The second kappa shape index (κ2) is 12.3. The number of nitrogens with zero attached hydrogens (tertiary/aromatic N) is 3. The molecule has 0 spiro atoms. The summed E-state index contributed by atoms with van der Waals surface area (Å²) in [7, 11) is 0. The van der Waals surface area contributed by atoms with Crippen molar-refractivity contribution in [1.29, 1.82) is 0 Å². The number of likely N-dealkylation sites (tertiary alicyclic amines) is 1. The summed E-state index contributed by atoms with van der Waals surface area (Å²) < 4.78 is 33.3. The highest BCUT2D eigenvalue weighted by atomic mass is 32.1. The molecular weight excluding hydrogens is 540 g/mol. The molecule has 1 saturated heterocycles. The molecule has 3 amide bonds. The Labute approximate surface area is 235 Å². The van der Waals surface area contributed by atoms with Gasteiger partial charge in [0.2, 0.25) is 11.8 Å². The molecular formula is C27H29F2N7O3S. The Morgan fingerprint density at radius 3 is 2.55 bits per heavy atom. The van der Waals surface area contributed by atoms with Gasteiger partial charge in [-0.25, -0.2) is 23.5 Å². The number of rotatable bonds is 7. The van der Waals surface area contributed by atoms with Gasteiger partial charge < -0.3 is 26.0 Å². The molecule has 1 fully saturated rings. The predicted octanol–water partition coefficient (Wildman–Crippen LogP) is 4.19. The molecule has 1 aliphatic rings. The predicted molar refractivity (Wildman–Crippen MR) is 150 cm³/mol. The van der Waals surface area contributed by atoms with Crippen LogP contribution in [0.25, 0.3) is 0 Å². The first-order valence-corrected chi connectivity index (χ1v) is 12.9. The van der Waals surface area contributed by atoms with E-state index in [0.29, 0.717) is 18.7 Å². The Morgan fingerprint density at radius 1 is 1.12 bits per heavy atom. The fourth-order valence-electron chi connectivity index (χ4n) is 4.10. The topological polar surface area (TPSA) is 134 Å². The highest BCUT2D eigenvalue weighted by molar-refractivity contribution is 7.80. The molecule has 4 rings (SSSR count). The average Bonchev–Trinajstić information content (AvgIpc) is 3.39. The molecule has 0 bridgehead atoms. The number of anilines is 2. The van der Waals surface area contributed by atoms with E-state index in [4.69, 9.17) is 22.7 Å². The molecule has 2 heterocycles. The van der Waals surface area contributed by atoms with E-state index in [-0.39, 0.29) is 52.2 Å². The summed E-state index contributed by atoms with van der Waals surface area (Å²) in [5, 5.41) is 7.89. The number of benzene rings is 2. The van der Waals surface area contributed by atoms with Gasteiger partial charge in [-0.1, -0.05) is 12.1 Å². The third-order valence-electron chi connectivity index (χ3n) is 6.34. The van der Waals surface area contributed by atoms with E-state index < -0.39 is 17.5 Å². The maximum Gasteiger partial charge on any atom is 0.323 e. The minimum atomic E-state index is -0.720.